The molecule has 0 aromatic carbocycles. The summed E-state index contributed by atoms with van der Waals surface area (Å²) in [6, 6.07) is 1.46. The molecule has 2 aromatic rings. The zero-order valence-corrected chi connectivity index (χ0v) is 16.1. The smallest absolute Gasteiger partial charge is 0.329 e. The second-order valence-electron chi connectivity index (χ2n) is 6.75. The molecule has 0 spiro atoms. The first-order valence-corrected chi connectivity index (χ1v) is 10.5. The third-order valence-corrected chi connectivity index (χ3v) is 6.48. The Labute approximate surface area is 158 Å². The van der Waals surface area contributed by atoms with Crippen LogP contribution in [0, 0.1) is 5.92 Å². The van der Waals surface area contributed by atoms with Gasteiger partial charge in [0.25, 0.3) is 5.56 Å². The zero-order valence-electron chi connectivity index (χ0n) is 14.4. The van der Waals surface area contributed by atoms with Crippen molar-refractivity contribution in [2.45, 2.75) is 43.9 Å². The largest absolute Gasteiger partial charge is 0.480 e. The number of thioether (sulfide) groups is 1. The number of carbonyl (C=O) groups excluding carboxylic acids is 1. The van der Waals surface area contributed by atoms with Crippen LogP contribution in [-0.2, 0) is 15.3 Å². The number of nitrogens with one attached hydrogen (secondary N) is 1. The first-order valence-electron chi connectivity index (χ1n) is 8.47. The Bertz CT molecular complexity index is 868. The van der Waals surface area contributed by atoms with Crippen molar-refractivity contribution in [2.75, 3.05) is 5.75 Å². The molecule has 0 radical (unpaired) electrons. The fourth-order valence-electron chi connectivity index (χ4n) is 3.16. The van der Waals surface area contributed by atoms with Crippen LogP contribution in [0.15, 0.2) is 22.4 Å². The summed E-state index contributed by atoms with van der Waals surface area (Å²) < 4.78 is 1.48. The molecule has 2 N–H and O–H groups in total. The Balaban J connectivity index is 1.56. The summed E-state index contributed by atoms with van der Waals surface area (Å²) in [5.41, 5.74) is -0.663. The molecule has 2 aromatic heterocycles. The SMILES string of the molecule is CC1CCC(NC(=O)CSCc2cc(=O)n3ccsc3n2)(C(=O)O)CC1. The van der Waals surface area contributed by atoms with Gasteiger partial charge in [-0.05, 0) is 31.6 Å². The van der Waals surface area contributed by atoms with Gasteiger partial charge in [-0.15, -0.1) is 23.1 Å². The van der Waals surface area contributed by atoms with Crippen LogP contribution >= 0.6 is 23.1 Å². The maximum absolute atomic E-state index is 12.3. The topological polar surface area (TPSA) is 101 Å². The van der Waals surface area contributed by atoms with E-state index in [9.17, 15) is 19.5 Å². The molecule has 1 fully saturated rings. The van der Waals surface area contributed by atoms with Crippen LogP contribution in [0.1, 0.15) is 38.3 Å². The Hall–Kier alpha value is -1.87. The number of fused-ring (bicyclic) bond motifs is 1. The van der Waals surface area contributed by atoms with Gasteiger partial charge in [0, 0.05) is 23.4 Å². The molecule has 9 heteroatoms. The highest BCUT2D eigenvalue weighted by Crippen LogP contribution is 2.32. The number of hydrogen-bond acceptors (Lipinski definition) is 6. The number of aliphatic carboxylic acids is 1. The van der Waals surface area contributed by atoms with Crippen LogP contribution in [0.2, 0.25) is 0 Å². The van der Waals surface area contributed by atoms with Gasteiger partial charge in [0.2, 0.25) is 5.91 Å². The molecule has 1 aliphatic carbocycles. The summed E-state index contributed by atoms with van der Waals surface area (Å²) in [6.45, 7) is 2.10. The number of carboxylic acid groups (broad SMARTS) is 1. The van der Waals surface area contributed by atoms with Crippen molar-refractivity contribution in [1.82, 2.24) is 14.7 Å². The number of thiazole rings is 1. The van der Waals surface area contributed by atoms with Gasteiger partial charge < -0.3 is 10.4 Å². The number of hydrogen-bond donors (Lipinski definition) is 2. The molecule has 0 unspecified atom stereocenters. The summed E-state index contributed by atoms with van der Waals surface area (Å²) in [4.78, 5) is 40.9. The average Bonchev–Trinajstić information content (AvgIpc) is 3.06. The molecular formula is C17H21N3O4S2. The lowest BCUT2D eigenvalue weighted by Crippen LogP contribution is -2.56. The van der Waals surface area contributed by atoms with E-state index in [1.165, 1.54) is 33.6 Å². The first-order chi connectivity index (χ1) is 12.4. The van der Waals surface area contributed by atoms with Crippen LogP contribution < -0.4 is 10.9 Å². The van der Waals surface area contributed by atoms with Crippen molar-refractivity contribution >= 4 is 39.9 Å². The lowest BCUT2D eigenvalue weighted by Gasteiger charge is -2.36. The summed E-state index contributed by atoms with van der Waals surface area (Å²) in [6.07, 6.45) is 4.21. The van der Waals surface area contributed by atoms with Gasteiger partial charge >= 0.3 is 5.97 Å². The monoisotopic (exact) mass is 395 g/mol. The Morgan fingerprint density at radius 3 is 2.88 bits per heavy atom. The number of aromatic nitrogens is 2. The van der Waals surface area contributed by atoms with E-state index in [1.54, 1.807) is 11.6 Å². The molecule has 140 valence electrons. The van der Waals surface area contributed by atoms with Crippen molar-refractivity contribution < 1.29 is 14.7 Å². The van der Waals surface area contributed by atoms with Crippen molar-refractivity contribution in [1.29, 1.82) is 0 Å². The maximum atomic E-state index is 12.3. The van der Waals surface area contributed by atoms with E-state index in [0.29, 0.717) is 35.2 Å². The molecule has 0 atom stereocenters. The molecular weight excluding hydrogens is 374 g/mol. The summed E-state index contributed by atoms with van der Waals surface area (Å²) in [5, 5.41) is 14.1. The molecule has 1 aliphatic rings. The van der Waals surface area contributed by atoms with Crippen molar-refractivity contribution in [3.63, 3.8) is 0 Å². The van der Waals surface area contributed by atoms with Gasteiger partial charge in [-0.2, -0.15) is 0 Å². The highest BCUT2D eigenvalue weighted by Gasteiger charge is 2.42. The molecule has 7 nitrogen and oxygen atoms in total. The lowest BCUT2D eigenvalue weighted by molar-refractivity contribution is -0.149. The minimum atomic E-state index is -1.14. The van der Waals surface area contributed by atoms with Crippen molar-refractivity contribution in [3.8, 4) is 0 Å². The van der Waals surface area contributed by atoms with E-state index < -0.39 is 11.5 Å². The van der Waals surface area contributed by atoms with Crippen LogP contribution in [-0.4, -0.2) is 37.7 Å². The third-order valence-electron chi connectivity index (χ3n) is 4.76. The Morgan fingerprint density at radius 1 is 1.46 bits per heavy atom. The Kier molecular flexibility index (Phi) is 5.67. The van der Waals surface area contributed by atoms with Crippen LogP contribution in [0.25, 0.3) is 4.96 Å². The fraction of sp³-hybridized carbons (Fsp3) is 0.529. The number of rotatable bonds is 6. The average molecular weight is 396 g/mol. The number of carbonyl (C=O) groups is 2. The molecule has 2 heterocycles. The quantitative estimate of drug-likeness (QED) is 0.777. The van der Waals surface area contributed by atoms with Gasteiger partial charge in [-0.1, -0.05) is 6.92 Å². The van der Waals surface area contributed by atoms with E-state index >= 15 is 0 Å². The Morgan fingerprint density at radius 2 is 2.19 bits per heavy atom. The number of carboxylic acids is 1. The minimum Gasteiger partial charge on any atom is -0.480 e. The predicted molar refractivity (Wildman–Crippen MR) is 102 cm³/mol. The number of nitrogens with zero attached hydrogens (tertiary/aromatic N) is 2. The first kappa shape index (κ1) is 18.9. The van der Waals surface area contributed by atoms with Gasteiger partial charge in [-0.3, -0.25) is 14.0 Å². The van der Waals surface area contributed by atoms with E-state index in [-0.39, 0.29) is 17.2 Å². The molecule has 0 aliphatic heterocycles. The van der Waals surface area contributed by atoms with Crippen molar-refractivity contribution in [3.05, 3.63) is 33.7 Å². The zero-order chi connectivity index (χ0) is 18.7. The fourth-order valence-corrected chi connectivity index (χ4v) is 4.62. The maximum Gasteiger partial charge on any atom is 0.329 e. The highest BCUT2D eigenvalue weighted by molar-refractivity contribution is 7.99. The normalized spacial score (nSPS) is 23.0. The molecule has 0 saturated heterocycles. The molecule has 26 heavy (non-hydrogen) atoms. The molecule has 0 bridgehead atoms. The van der Waals surface area contributed by atoms with Gasteiger partial charge in [-0.25, -0.2) is 9.78 Å². The summed E-state index contributed by atoms with van der Waals surface area (Å²) in [5.74, 6) is -0.197. The predicted octanol–water partition coefficient (Wildman–Crippen LogP) is 2.14. The van der Waals surface area contributed by atoms with E-state index in [0.717, 1.165) is 12.8 Å². The van der Waals surface area contributed by atoms with E-state index in [1.807, 2.05) is 0 Å². The summed E-state index contributed by atoms with van der Waals surface area (Å²) in [7, 11) is 0. The van der Waals surface area contributed by atoms with Crippen LogP contribution in [0.4, 0.5) is 0 Å². The summed E-state index contributed by atoms with van der Waals surface area (Å²) >= 11 is 2.70. The second kappa shape index (κ2) is 7.79. The van der Waals surface area contributed by atoms with Crippen LogP contribution in [0.5, 0.6) is 0 Å². The second-order valence-corrected chi connectivity index (χ2v) is 8.61. The van der Waals surface area contributed by atoms with Crippen LogP contribution in [0.3, 0.4) is 0 Å². The highest BCUT2D eigenvalue weighted by atomic mass is 32.2. The van der Waals surface area contributed by atoms with E-state index in [4.69, 9.17) is 0 Å². The minimum absolute atomic E-state index is 0.135. The molecule has 1 amide bonds. The third kappa shape index (κ3) is 4.09. The van der Waals surface area contributed by atoms with E-state index in [2.05, 4.69) is 17.2 Å². The van der Waals surface area contributed by atoms with Gasteiger partial charge in [0.1, 0.15) is 5.54 Å². The van der Waals surface area contributed by atoms with Crippen molar-refractivity contribution in [2.24, 2.45) is 5.92 Å². The molecule has 3 rings (SSSR count). The van der Waals surface area contributed by atoms with Gasteiger partial charge in [0.05, 0.1) is 11.4 Å². The van der Waals surface area contributed by atoms with Gasteiger partial charge in [0.15, 0.2) is 4.96 Å². The lowest BCUT2D eigenvalue weighted by atomic mass is 9.77. The number of amides is 1. The standard InChI is InChI=1S/C17H21N3O4S2/c1-11-2-4-17(5-3-11,15(23)24)19-13(21)10-25-9-12-8-14(22)20-6-7-26-16(20)18-12/h6-8,11H,2-5,9-10H2,1H3,(H,19,21)(H,23,24). The molecule has 1 saturated carbocycles.